The highest BCUT2D eigenvalue weighted by atomic mass is 16.8. The summed E-state index contributed by atoms with van der Waals surface area (Å²) in [4.78, 5) is 1.65. The molecule has 0 spiro atoms. The van der Waals surface area contributed by atoms with Gasteiger partial charge in [0.2, 0.25) is 0 Å². The van der Waals surface area contributed by atoms with Crippen LogP contribution in [0.25, 0.3) is 11.0 Å². The summed E-state index contributed by atoms with van der Waals surface area (Å²) >= 11 is 0. The average Bonchev–Trinajstić information content (AvgIpc) is 3.26. The fourth-order valence-electron chi connectivity index (χ4n) is 4.25. The Balaban J connectivity index is 1.84. The smallest absolute Gasteiger partial charge is 0.267 e. The number of nitrogens with zero attached hydrogens (tertiary/aromatic N) is 4. The van der Waals surface area contributed by atoms with Crippen molar-refractivity contribution in [2.24, 2.45) is 5.92 Å². The van der Waals surface area contributed by atoms with Crippen molar-refractivity contribution in [2.75, 3.05) is 0 Å². The second-order valence-corrected chi connectivity index (χ2v) is 7.42. The van der Waals surface area contributed by atoms with Crippen LogP contribution in [0.4, 0.5) is 0 Å². The van der Waals surface area contributed by atoms with E-state index >= 15 is 0 Å². The molecule has 4 aromatic rings. The fourth-order valence-corrected chi connectivity index (χ4v) is 4.25. The molecular weight excluding hydrogens is 388 g/mol. The molecule has 0 radical (unpaired) electrons. The largest absolute Gasteiger partial charge is 0.417 e. The minimum absolute atomic E-state index is 0.129. The topological polar surface area (TPSA) is 77.0 Å². The summed E-state index contributed by atoms with van der Waals surface area (Å²) in [5, 5.41) is 30.5. The third-order valence-corrected chi connectivity index (χ3v) is 5.68. The quantitative estimate of drug-likeness (QED) is 0.310. The van der Waals surface area contributed by atoms with Crippen molar-refractivity contribution < 1.29 is 10.1 Å². The molecule has 1 aliphatic rings. The van der Waals surface area contributed by atoms with Crippen molar-refractivity contribution in [2.45, 2.75) is 5.54 Å². The van der Waals surface area contributed by atoms with Gasteiger partial charge in [-0.25, -0.2) is 0 Å². The lowest BCUT2D eigenvalue weighted by atomic mass is 9.72. The predicted molar refractivity (Wildman–Crippen MR) is 119 cm³/mol. The molecule has 0 saturated carbocycles. The van der Waals surface area contributed by atoms with Gasteiger partial charge in [0.05, 0.1) is 0 Å². The van der Waals surface area contributed by atoms with Crippen LogP contribution in [0.3, 0.4) is 0 Å². The van der Waals surface area contributed by atoms with E-state index in [-0.39, 0.29) is 16.5 Å². The maximum Gasteiger partial charge on any atom is 0.267 e. The molecule has 5 rings (SSSR count). The van der Waals surface area contributed by atoms with Crippen LogP contribution in [0.2, 0.25) is 0 Å². The minimum Gasteiger partial charge on any atom is -0.417 e. The number of fused-ring (bicyclic) bond motifs is 1. The highest BCUT2D eigenvalue weighted by molar-refractivity contribution is 6.01. The second-order valence-electron chi connectivity index (χ2n) is 7.42. The van der Waals surface area contributed by atoms with Crippen LogP contribution in [0.1, 0.15) is 11.1 Å². The normalized spacial score (nSPS) is 16.0. The van der Waals surface area contributed by atoms with Crippen LogP contribution in [-0.2, 0) is 5.54 Å². The molecule has 1 aliphatic carbocycles. The Morgan fingerprint density at radius 2 is 1.19 bits per heavy atom. The summed E-state index contributed by atoms with van der Waals surface area (Å²) in [5.74, 6) is -0.220. The van der Waals surface area contributed by atoms with Crippen LogP contribution in [0.5, 0.6) is 0 Å². The molecule has 152 valence electrons. The summed E-state index contributed by atoms with van der Waals surface area (Å²) in [6.45, 7) is 0. The van der Waals surface area contributed by atoms with Crippen LogP contribution in [0.15, 0.2) is 109 Å². The lowest BCUT2D eigenvalue weighted by Gasteiger charge is -2.39. The number of rotatable bonds is 4. The first-order chi connectivity index (χ1) is 15.2. The van der Waals surface area contributed by atoms with Crippen LogP contribution < -0.4 is 0 Å². The Morgan fingerprint density at radius 3 is 1.65 bits per heavy atom. The molecule has 1 N–H and O–H groups in total. The van der Waals surface area contributed by atoms with Gasteiger partial charge in [-0.1, -0.05) is 84.9 Å². The molecule has 31 heavy (non-hydrogen) atoms. The first-order valence-electron chi connectivity index (χ1n) is 10.0. The van der Waals surface area contributed by atoms with E-state index in [1.165, 1.54) is 0 Å². The summed E-state index contributed by atoms with van der Waals surface area (Å²) in [6, 6.07) is 28.0. The van der Waals surface area contributed by atoms with E-state index in [0.29, 0.717) is 0 Å². The highest BCUT2D eigenvalue weighted by Gasteiger charge is 2.45. The van der Waals surface area contributed by atoms with Gasteiger partial charge >= 0.3 is 0 Å². The van der Waals surface area contributed by atoms with E-state index in [2.05, 4.69) is 24.3 Å². The lowest BCUT2D eigenvalue weighted by Crippen LogP contribution is -2.44. The van der Waals surface area contributed by atoms with E-state index in [0.717, 1.165) is 22.2 Å². The summed E-state index contributed by atoms with van der Waals surface area (Å²) < 4.78 is 0. The molecule has 0 aliphatic heterocycles. The van der Waals surface area contributed by atoms with Gasteiger partial charge in [0.25, 0.3) is 5.71 Å². The first-order valence-corrected chi connectivity index (χ1v) is 10.0. The molecule has 0 unspecified atom stereocenters. The maximum atomic E-state index is 11.4. The van der Waals surface area contributed by atoms with Gasteiger partial charge in [0.15, 0.2) is 0 Å². The molecule has 0 bridgehead atoms. The van der Waals surface area contributed by atoms with Crippen molar-refractivity contribution in [1.29, 1.82) is 0 Å². The number of aromatic nitrogens is 3. The van der Waals surface area contributed by atoms with Crippen molar-refractivity contribution in [3.63, 3.8) is 0 Å². The Labute approximate surface area is 179 Å². The first kappa shape index (κ1) is 18.8. The molecule has 6 nitrogen and oxygen atoms in total. The lowest BCUT2D eigenvalue weighted by molar-refractivity contribution is -0.725. The molecule has 3 aromatic carbocycles. The molecule has 1 aromatic heterocycles. The van der Waals surface area contributed by atoms with Crippen molar-refractivity contribution >= 4 is 16.7 Å². The zero-order chi connectivity index (χ0) is 21.3. The van der Waals surface area contributed by atoms with Gasteiger partial charge < -0.3 is 5.21 Å². The standard InChI is InChI=1S/C25H20N4O2/c30-28(31)22-17-15-21(16-18-22)25(19-9-3-1-4-10-19,20-11-5-2-6-12-20)29-26-23-13-7-8-14-24(23)27-29/h1-18,21H,(H,30,31). The minimum atomic E-state index is -0.802. The Bertz CT molecular complexity index is 1210. The van der Waals surface area contributed by atoms with E-state index in [4.69, 9.17) is 10.2 Å². The Kier molecular flexibility index (Phi) is 4.59. The van der Waals surface area contributed by atoms with E-state index in [9.17, 15) is 10.4 Å². The number of hydrogen-bond donors (Lipinski definition) is 1. The zero-order valence-electron chi connectivity index (χ0n) is 16.6. The van der Waals surface area contributed by atoms with Gasteiger partial charge in [-0.2, -0.15) is 15.0 Å². The van der Waals surface area contributed by atoms with Gasteiger partial charge in [-0.15, -0.1) is 0 Å². The van der Waals surface area contributed by atoms with Gasteiger partial charge in [0, 0.05) is 23.0 Å². The summed E-state index contributed by atoms with van der Waals surface area (Å²) in [7, 11) is 0. The van der Waals surface area contributed by atoms with Crippen molar-refractivity contribution in [3.8, 4) is 0 Å². The Morgan fingerprint density at radius 1 is 0.742 bits per heavy atom. The molecule has 0 fully saturated rings. The number of benzene rings is 3. The molecule has 0 atom stereocenters. The van der Waals surface area contributed by atoms with Crippen LogP contribution in [-0.4, -0.2) is 30.8 Å². The predicted octanol–water partition coefficient (Wildman–Crippen LogP) is 4.31. The van der Waals surface area contributed by atoms with Crippen molar-refractivity contribution in [3.05, 3.63) is 126 Å². The summed E-state index contributed by atoms with van der Waals surface area (Å²) in [5.41, 5.74) is 2.99. The zero-order valence-corrected chi connectivity index (χ0v) is 16.6. The molecular formula is C25H20N4O2. The third-order valence-electron chi connectivity index (χ3n) is 5.68. The second kappa shape index (κ2) is 7.57. The monoisotopic (exact) mass is 408 g/mol. The van der Waals surface area contributed by atoms with Gasteiger partial charge in [0.1, 0.15) is 16.6 Å². The van der Waals surface area contributed by atoms with Crippen LogP contribution >= 0.6 is 0 Å². The summed E-state index contributed by atoms with van der Waals surface area (Å²) in [6.07, 6.45) is 7.07. The van der Waals surface area contributed by atoms with E-state index in [1.54, 1.807) is 16.9 Å². The molecule has 0 saturated heterocycles. The maximum absolute atomic E-state index is 11.4. The molecule has 6 heteroatoms. The molecule has 0 amide bonds. The van der Waals surface area contributed by atoms with Gasteiger partial charge in [-0.05, 0) is 23.3 Å². The van der Waals surface area contributed by atoms with E-state index in [1.807, 2.05) is 72.8 Å². The SMILES string of the molecule is [O-][N+](O)=C1C=CC(C(c2ccccc2)(c2ccccc2)n2nc3ccccc3n2)C=C1. The van der Waals surface area contributed by atoms with E-state index < -0.39 is 5.54 Å². The third kappa shape index (κ3) is 3.09. The average molecular weight is 408 g/mol. The molecule has 1 heterocycles. The fraction of sp³-hybridized carbons (Fsp3) is 0.0800. The van der Waals surface area contributed by atoms with Gasteiger partial charge in [-0.3, -0.25) is 5.21 Å². The number of hydrogen-bond acceptors (Lipinski definition) is 4. The van der Waals surface area contributed by atoms with Crippen molar-refractivity contribution in [1.82, 2.24) is 15.0 Å². The number of allylic oxidation sites excluding steroid dienone is 4. The Hall–Kier alpha value is -4.19. The van der Waals surface area contributed by atoms with Crippen LogP contribution in [0, 0.1) is 11.1 Å². The highest BCUT2D eigenvalue weighted by Crippen LogP contribution is 2.42.